The van der Waals surface area contributed by atoms with Crippen LogP contribution in [-0.4, -0.2) is 40.0 Å². The predicted octanol–water partition coefficient (Wildman–Crippen LogP) is 4.02. The molecule has 4 rings (SSSR count). The maximum atomic E-state index is 14.4. The Hall–Kier alpha value is -3.03. The number of hydrogen-bond acceptors (Lipinski definition) is 4. The van der Waals surface area contributed by atoms with Crippen LogP contribution in [0.5, 0.6) is 0 Å². The minimum atomic E-state index is -1.26. The Labute approximate surface area is 184 Å². The number of carbonyl (C=O) groups excluding carboxylic acids is 2. The maximum Gasteiger partial charge on any atom is 0.257 e. The summed E-state index contributed by atoms with van der Waals surface area (Å²) in [5.41, 5.74) is -0.829. The SMILES string of the molecule is CC1(O)CCN(C(=O)c2ccccc2F)C(c2cccs2)C1NC(=O)c1ccccc1. The van der Waals surface area contributed by atoms with Gasteiger partial charge in [0.15, 0.2) is 0 Å². The van der Waals surface area contributed by atoms with E-state index in [9.17, 15) is 19.1 Å². The second-order valence-electron chi connectivity index (χ2n) is 7.86. The molecule has 3 atom stereocenters. The van der Waals surface area contributed by atoms with Crippen LogP contribution in [0.3, 0.4) is 0 Å². The van der Waals surface area contributed by atoms with E-state index in [2.05, 4.69) is 5.32 Å². The highest BCUT2D eigenvalue weighted by Gasteiger charge is 2.48. The summed E-state index contributed by atoms with van der Waals surface area (Å²) in [6.45, 7) is 1.90. The van der Waals surface area contributed by atoms with E-state index in [4.69, 9.17) is 0 Å². The molecule has 0 radical (unpaired) electrons. The average Bonchev–Trinajstić information content (AvgIpc) is 3.30. The minimum absolute atomic E-state index is 0.0289. The lowest BCUT2D eigenvalue weighted by Gasteiger charge is -2.48. The number of halogens is 1. The molecule has 3 unspecified atom stereocenters. The van der Waals surface area contributed by atoms with E-state index >= 15 is 0 Å². The number of rotatable bonds is 4. The molecule has 0 aliphatic carbocycles. The van der Waals surface area contributed by atoms with Crippen molar-refractivity contribution in [1.29, 1.82) is 0 Å². The van der Waals surface area contributed by atoms with Crippen molar-refractivity contribution in [2.24, 2.45) is 0 Å². The largest absolute Gasteiger partial charge is 0.388 e. The number of aliphatic hydroxyl groups is 1. The van der Waals surface area contributed by atoms with Gasteiger partial charge in [0.05, 0.1) is 23.2 Å². The van der Waals surface area contributed by atoms with Crippen molar-refractivity contribution in [3.8, 4) is 0 Å². The molecule has 2 heterocycles. The fourth-order valence-corrected chi connectivity index (χ4v) is 4.88. The lowest BCUT2D eigenvalue weighted by Crippen LogP contribution is -2.63. The molecule has 7 heteroatoms. The molecule has 5 nitrogen and oxygen atoms in total. The molecule has 0 spiro atoms. The summed E-state index contributed by atoms with van der Waals surface area (Å²) >= 11 is 1.43. The highest BCUT2D eigenvalue weighted by atomic mass is 32.1. The molecule has 1 aliphatic rings. The van der Waals surface area contributed by atoms with Gasteiger partial charge in [-0.25, -0.2) is 4.39 Å². The van der Waals surface area contributed by atoms with Gasteiger partial charge in [0.2, 0.25) is 0 Å². The average molecular weight is 439 g/mol. The van der Waals surface area contributed by atoms with Crippen LogP contribution in [0.4, 0.5) is 4.39 Å². The lowest BCUT2D eigenvalue weighted by molar-refractivity contribution is -0.0542. The second kappa shape index (κ2) is 8.61. The number of thiophene rings is 1. The number of carbonyl (C=O) groups is 2. The van der Waals surface area contributed by atoms with Crippen molar-refractivity contribution in [2.45, 2.75) is 31.0 Å². The van der Waals surface area contributed by atoms with Gasteiger partial charge in [0.1, 0.15) is 5.82 Å². The van der Waals surface area contributed by atoms with Crippen LogP contribution in [0.25, 0.3) is 0 Å². The van der Waals surface area contributed by atoms with Gasteiger partial charge >= 0.3 is 0 Å². The zero-order chi connectivity index (χ0) is 22.0. The van der Waals surface area contributed by atoms with Crippen LogP contribution in [0.2, 0.25) is 0 Å². The summed E-state index contributed by atoms with van der Waals surface area (Å²) in [6.07, 6.45) is 0.245. The van der Waals surface area contributed by atoms with Crippen molar-refractivity contribution in [1.82, 2.24) is 10.2 Å². The van der Waals surface area contributed by atoms with E-state index in [1.165, 1.54) is 29.5 Å². The Kier molecular flexibility index (Phi) is 5.89. The first-order chi connectivity index (χ1) is 14.9. The molecule has 2 amide bonds. The Morgan fingerprint density at radius 3 is 2.48 bits per heavy atom. The van der Waals surface area contributed by atoms with E-state index in [1.807, 2.05) is 23.6 Å². The number of hydrogen-bond donors (Lipinski definition) is 2. The van der Waals surface area contributed by atoms with Gasteiger partial charge in [-0.1, -0.05) is 36.4 Å². The molecular formula is C24H23FN2O3S. The number of nitrogens with zero attached hydrogens (tertiary/aromatic N) is 1. The minimum Gasteiger partial charge on any atom is -0.388 e. The standard InChI is InChI=1S/C24H23FN2O3S/c1-24(30)13-14-27(23(29)17-10-5-6-11-18(17)25)20(19-12-7-15-31-19)21(24)26-22(28)16-8-3-2-4-9-16/h2-12,15,20-21,30H,13-14H2,1H3,(H,26,28). The van der Waals surface area contributed by atoms with E-state index < -0.39 is 29.4 Å². The molecule has 3 aromatic rings. The number of amides is 2. The molecule has 0 saturated carbocycles. The Balaban J connectivity index is 1.73. The Morgan fingerprint density at radius 2 is 1.81 bits per heavy atom. The predicted molar refractivity (Wildman–Crippen MR) is 117 cm³/mol. The summed E-state index contributed by atoms with van der Waals surface area (Å²) in [4.78, 5) is 28.6. The van der Waals surface area contributed by atoms with E-state index in [-0.39, 0.29) is 24.4 Å². The number of likely N-dealkylation sites (tertiary alicyclic amines) is 1. The first kappa shape index (κ1) is 21.2. The smallest absolute Gasteiger partial charge is 0.257 e. The third-order valence-corrected chi connectivity index (χ3v) is 6.65. The van der Waals surface area contributed by atoms with Gasteiger partial charge in [-0.3, -0.25) is 9.59 Å². The van der Waals surface area contributed by atoms with Crippen molar-refractivity contribution in [3.63, 3.8) is 0 Å². The van der Waals surface area contributed by atoms with Crippen LogP contribution in [0.1, 0.15) is 45.0 Å². The molecule has 1 fully saturated rings. The van der Waals surface area contributed by atoms with Gasteiger partial charge < -0.3 is 15.3 Å². The maximum absolute atomic E-state index is 14.4. The fourth-order valence-electron chi connectivity index (χ4n) is 4.00. The van der Waals surface area contributed by atoms with Crippen molar-refractivity contribution in [3.05, 3.63) is 93.9 Å². The van der Waals surface area contributed by atoms with Crippen LogP contribution < -0.4 is 5.32 Å². The van der Waals surface area contributed by atoms with Gasteiger partial charge in [-0.05, 0) is 49.1 Å². The number of benzene rings is 2. The van der Waals surface area contributed by atoms with Crippen LogP contribution >= 0.6 is 11.3 Å². The van der Waals surface area contributed by atoms with Crippen LogP contribution in [-0.2, 0) is 0 Å². The van der Waals surface area contributed by atoms with Crippen LogP contribution in [0.15, 0.2) is 72.1 Å². The molecule has 2 N–H and O–H groups in total. The summed E-state index contributed by atoms with van der Waals surface area (Å²) in [6, 6.07) is 16.9. The third kappa shape index (κ3) is 4.24. The topological polar surface area (TPSA) is 69.6 Å². The summed E-state index contributed by atoms with van der Waals surface area (Å²) in [5.74, 6) is -1.40. The van der Waals surface area contributed by atoms with Gasteiger partial charge in [-0.15, -0.1) is 11.3 Å². The fraction of sp³-hybridized carbons (Fsp3) is 0.250. The van der Waals surface area contributed by atoms with Crippen LogP contribution in [0, 0.1) is 5.82 Å². The van der Waals surface area contributed by atoms with Gasteiger partial charge in [0, 0.05) is 17.0 Å². The molecule has 2 aromatic carbocycles. The molecular weight excluding hydrogens is 415 g/mol. The third-order valence-electron chi connectivity index (χ3n) is 5.70. The summed E-state index contributed by atoms with van der Waals surface area (Å²) in [5, 5.41) is 16.0. The molecule has 0 bridgehead atoms. The lowest BCUT2D eigenvalue weighted by atomic mass is 9.81. The zero-order valence-electron chi connectivity index (χ0n) is 17.0. The highest BCUT2D eigenvalue weighted by Crippen LogP contribution is 2.39. The Morgan fingerprint density at radius 1 is 1.10 bits per heavy atom. The molecule has 1 aromatic heterocycles. The molecule has 1 aliphatic heterocycles. The van der Waals surface area contributed by atoms with E-state index in [0.717, 1.165) is 4.88 Å². The molecule has 31 heavy (non-hydrogen) atoms. The second-order valence-corrected chi connectivity index (χ2v) is 8.84. The number of nitrogens with one attached hydrogen (secondary N) is 1. The first-order valence-electron chi connectivity index (χ1n) is 10.1. The van der Waals surface area contributed by atoms with Gasteiger partial charge in [-0.2, -0.15) is 0 Å². The summed E-state index contributed by atoms with van der Waals surface area (Å²) < 4.78 is 14.4. The van der Waals surface area contributed by atoms with E-state index in [1.54, 1.807) is 42.2 Å². The first-order valence-corrected chi connectivity index (χ1v) is 10.9. The normalized spacial score (nSPS) is 23.4. The van der Waals surface area contributed by atoms with Crippen molar-refractivity contribution >= 4 is 23.2 Å². The monoisotopic (exact) mass is 438 g/mol. The zero-order valence-corrected chi connectivity index (χ0v) is 17.8. The number of piperidine rings is 1. The highest BCUT2D eigenvalue weighted by molar-refractivity contribution is 7.10. The molecule has 160 valence electrons. The Bertz CT molecular complexity index is 1070. The quantitative estimate of drug-likeness (QED) is 0.646. The van der Waals surface area contributed by atoms with Gasteiger partial charge in [0.25, 0.3) is 11.8 Å². The summed E-state index contributed by atoms with van der Waals surface area (Å²) in [7, 11) is 0. The van der Waals surface area contributed by atoms with Crippen molar-refractivity contribution < 1.29 is 19.1 Å². The van der Waals surface area contributed by atoms with Crippen molar-refractivity contribution in [2.75, 3.05) is 6.54 Å². The van der Waals surface area contributed by atoms with E-state index in [0.29, 0.717) is 5.56 Å². The molecule has 1 saturated heterocycles.